The van der Waals surface area contributed by atoms with Crippen LogP contribution in [-0.2, 0) is 4.74 Å². The molecule has 40 heavy (non-hydrogen) atoms. The molecule has 2 aromatic heterocycles. The third-order valence-corrected chi connectivity index (χ3v) is 8.61. The SMILES string of the molecule is C[C@@H](Nc1c(-c2c(F)cc(OCC3[C@H]4CN(C(=O)OC(C)(C)C)C[C@@H]34)cc2F)c(Cl)nc2ncnn12)C1CCC1. The Balaban J connectivity index is 1.18. The van der Waals surface area contributed by atoms with Crippen molar-refractivity contribution in [2.24, 2.45) is 23.7 Å². The van der Waals surface area contributed by atoms with E-state index >= 15 is 8.78 Å². The smallest absolute Gasteiger partial charge is 0.410 e. The zero-order valence-corrected chi connectivity index (χ0v) is 23.7. The van der Waals surface area contributed by atoms with Crippen molar-refractivity contribution in [2.45, 2.75) is 58.6 Å². The van der Waals surface area contributed by atoms with Crippen LogP contribution in [0.4, 0.5) is 19.4 Å². The maximum absolute atomic E-state index is 15.6. The molecule has 1 unspecified atom stereocenters. The molecule has 3 aromatic rings. The van der Waals surface area contributed by atoms with Crippen LogP contribution in [0, 0.1) is 35.3 Å². The number of aromatic nitrogens is 4. The van der Waals surface area contributed by atoms with E-state index in [0.717, 1.165) is 19.3 Å². The molecule has 3 fully saturated rings. The normalized spacial score (nSPS) is 23.1. The van der Waals surface area contributed by atoms with Gasteiger partial charge in [0.15, 0.2) is 0 Å². The van der Waals surface area contributed by atoms with Crippen LogP contribution < -0.4 is 10.1 Å². The lowest BCUT2D eigenvalue weighted by molar-refractivity contribution is 0.0260. The zero-order valence-electron chi connectivity index (χ0n) is 23.0. The van der Waals surface area contributed by atoms with Gasteiger partial charge in [-0.25, -0.2) is 13.6 Å². The third-order valence-electron chi connectivity index (χ3n) is 8.34. The molecule has 0 spiro atoms. The molecule has 6 rings (SSSR count). The summed E-state index contributed by atoms with van der Waals surface area (Å²) in [6.07, 6.45) is 4.34. The number of benzene rings is 1. The summed E-state index contributed by atoms with van der Waals surface area (Å²) < 4.78 is 43.8. The molecule has 2 aliphatic carbocycles. The van der Waals surface area contributed by atoms with Crippen LogP contribution in [0.25, 0.3) is 16.9 Å². The van der Waals surface area contributed by atoms with Gasteiger partial charge in [0.25, 0.3) is 5.78 Å². The molecule has 1 aromatic carbocycles. The van der Waals surface area contributed by atoms with E-state index in [1.807, 2.05) is 27.7 Å². The Bertz CT molecular complexity index is 1420. The van der Waals surface area contributed by atoms with Gasteiger partial charge in [-0.05, 0) is 58.3 Å². The van der Waals surface area contributed by atoms with E-state index < -0.39 is 17.2 Å². The van der Waals surface area contributed by atoms with Crippen LogP contribution in [0.1, 0.15) is 47.0 Å². The molecule has 0 bridgehead atoms. The fourth-order valence-corrected chi connectivity index (χ4v) is 6.14. The van der Waals surface area contributed by atoms with Crippen LogP contribution in [0.3, 0.4) is 0 Å². The summed E-state index contributed by atoms with van der Waals surface area (Å²) in [7, 11) is 0. The number of nitrogens with one attached hydrogen (secondary N) is 1. The topological polar surface area (TPSA) is 93.9 Å². The molecule has 214 valence electrons. The summed E-state index contributed by atoms with van der Waals surface area (Å²) in [5, 5.41) is 7.52. The van der Waals surface area contributed by atoms with Gasteiger partial charge in [0.2, 0.25) is 0 Å². The molecule has 4 atom stereocenters. The second-order valence-electron chi connectivity index (χ2n) is 12.2. The maximum atomic E-state index is 15.6. The van der Waals surface area contributed by atoms with E-state index in [-0.39, 0.29) is 45.9 Å². The lowest BCUT2D eigenvalue weighted by Crippen LogP contribution is -2.37. The van der Waals surface area contributed by atoms with Crippen molar-refractivity contribution in [1.82, 2.24) is 24.5 Å². The summed E-state index contributed by atoms with van der Waals surface area (Å²) in [4.78, 5) is 22.3. The Labute approximate surface area is 236 Å². The van der Waals surface area contributed by atoms with E-state index in [0.29, 0.717) is 43.3 Å². The largest absolute Gasteiger partial charge is 0.493 e. The summed E-state index contributed by atoms with van der Waals surface area (Å²) in [6, 6.07) is 2.38. The fraction of sp³-hybridized carbons (Fsp3) is 0.571. The van der Waals surface area contributed by atoms with Crippen LogP contribution in [0.5, 0.6) is 5.75 Å². The summed E-state index contributed by atoms with van der Waals surface area (Å²) in [5.41, 5.74) is -0.757. The first-order valence-corrected chi connectivity index (χ1v) is 14.1. The summed E-state index contributed by atoms with van der Waals surface area (Å²) in [5.74, 6) is 0.310. The quantitative estimate of drug-likeness (QED) is 0.356. The molecule has 0 radical (unpaired) electrons. The molecule has 1 amide bonds. The number of carbonyl (C=O) groups excluding carboxylic acids is 1. The van der Waals surface area contributed by atoms with Crippen molar-refractivity contribution in [1.29, 1.82) is 0 Å². The van der Waals surface area contributed by atoms with E-state index in [2.05, 4.69) is 20.4 Å². The summed E-state index contributed by atoms with van der Waals surface area (Å²) >= 11 is 6.50. The predicted octanol–water partition coefficient (Wildman–Crippen LogP) is 5.82. The number of fused-ring (bicyclic) bond motifs is 2. The van der Waals surface area contributed by atoms with E-state index in [1.54, 1.807) is 4.90 Å². The Kier molecular flexibility index (Phi) is 6.75. The second-order valence-corrected chi connectivity index (χ2v) is 12.5. The van der Waals surface area contributed by atoms with Gasteiger partial charge in [-0.2, -0.15) is 19.6 Å². The fourth-order valence-electron chi connectivity index (χ4n) is 5.88. The first-order chi connectivity index (χ1) is 19.0. The highest BCUT2D eigenvalue weighted by molar-refractivity contribution is 6.33. The van der Waals surface area contributed by atoms with Gasteiger partial charge in [0.05, 0.1) is 17.7 Å². The number of ether oxygens (including phenoxy) is 2. The number of nitrogens with zero attached hydrogens (tertiary/aromatic N) is 5. The molecule has 9 nitrogen and oxygen atoms in total. The number of halogens is 3. The van der Waals surface area contributed by atoms with Crippen LogP contribution in [0.15, 0.2) is 18.5 Å². The molecular weight excluding hydrogens is 542 g/mol. The first kappa shape index (κ1) is 27.0. The number of hydrogen-bond acceptors (Lipinski definition) is 7. The monoisotopic (exact) mass is 574 g/mol. The lowest BCUT2D eigenvalue weighted by atomic mass is 9.80. The number of rotatable bonds is 7. The number of piperidine rings is 1. The van der Waals surface area contributed by atoms with Crippen molar-refractivity contribution >= 4 is 29.3 Å². The molecule has 3 heterocycles. The molecule has 3 aliphatic rings. The minimum Gasteiger partial charge on any atom is -0.493 e. The number of hydrogen-bond donors (Lipinski definition) is 1. The number of carbonyl (C=O) groups is 1. The first-order valence-electron chi connectivity index (χ1n) is 13.8. The van der Waals surface area contributed by atoms with Gasteiger partial charge in [-0.1, -0.05) is 18.0 Å². The van der Waals surface area contributed by atoms with Gasteiger partial charge in [0.1, 0.15) is 40.3 Å². The molecule has 12 heteroatoms. The highest BCUT2D eigenvalue weighted by Gasteiger charge is 2.57. The summed E-state index contributed by atoms with van der Waals surface area (Å²) in [6.45, 7) is 9.06. The van der Waals surface area contributed by atoms with Gasteiger partial charge >= 0.3 is 6.09 Å². The number of amides is 1. The molecule has 1 N–H and O–H groups in total. The minimum absolute atomic E-state index is 0.0383. The molecule has 1 aliphatic heterocycles. The average Bonchev–Trinajstić information content (AvgIpc) is 3.15. The van der Waals surface area contributed by atoms with Gasteiger partial charge in [-0.15, -0.1) is 0 Å². The predicted molar refractivity (Wildman–Crippen MR) is 145 cm³/mol. The lowest BCUT2D eigenvalue weighted by Gasteiger charge is -2.33. The Morgan fingerprint density at radius 3 is 2.45 bits per heavy atom. The highest BCUT2D eigenvalue weighted by atomic mass is 35.5. The van der Waals surface area contributed by atoms with Crippen molar-refractivity contribution in [3.8, 4) is 16.9 Å². The van der Waals surface area contributed by atoms with Crippen molar-refractivity contribution in [3.05, 3.63) is 35.2 Å². The Hall–Kier alpha value is -3.21. The highest BCUT2D eigenvalue weighted by Crippen LogP contribution is 2.52. The average molecular weight is 575 g/mol. The third kappa shape index (κ3) is 5.04. The van der Waals surface area contributed by atoms with Crippen molar-refractivity contribution < 1.29 is 23.0 Å². The van der Waals surface area contributed by atoms with Crippen LogP contribution in [0.2, 0.25) is 5.15 Å². The van der Waals surface area contributed by atoms with E-state index in [9.17, 15) is 4.79 Å². The molecule has 2 saturated carbocycles. The Morgan fingerprint density at radius 1 is 1.18 bits per heavy atom. The second kappa shape index (κ2) is 10.0. The number of likely N-dealkylation sites (tertiary alicyclic amines) is 1. The van der Waals surface area contributed by atoms with E-state index in [4.69, 9.17) is 21.1 Å². The van der Waals surface area contributed by atoms with Gasteiger partial charge < -0.3 is 19.7 Å². The van der Waals surface area contributed by atoms with E-state index in [1.165, 1.54) is 23.0 Å². The van der Waals surface area contributed by atoms with Crippen molar-refractivity contribution in [2.75, 3.05) is 25.0 Å². The standard InChI is InChI=1S/C28H33ClF2N6O3/c1-14(15-6-5-7-15)34-25-23(24(29)35-26-32-13-33-37(25)26)22-20(30)8-16(9-21(22)31)39-12-19-17-10-36(11-18(17)19)27(38)40-28(2,3)4/h8-9,13-15,17-19,34H,5-7,10-12H2,1-4H3/t14-,17-,18+,19?/m1/s1. The van der Waals surface area contributed by atoms with Crippen LogP contribution in [-0.4, -0.2) is 61.9 Å². The number of anilines is 1. The van der Waals surface area contributed by atoms with Crippen molar-refractivity contribution in [3.63, 3.8) is 0 Å². The van der Waals surface area contributed by atoms with Crippen LogP contribution >= 0.6 is 11.6 Å². The van der Waals surface area contributed by atoms with Gasteiger partial charge in [-0.3, -0.25) is 0 Å². The zero-order chi connectivity index (χ0) is 28.3. The van der Waals surface area contributed by atoms with Gasteiger partial charge in [0, 0.05) is 37.2 Å². The minimum atomic E-state index is -0.815. The molecule has 1 saturated heterocycles. The molecular formula is C28H33ClF2N6O3. The Morgan fingerprint density at radius 2 is 1.85 bits per heavy atom. The maximum Gasteiger partial charge on any atom is 0.410 e.